The summed E-state index contributed by atoms with van der Waals surface area (Å²) in [5, 5.41) is 9.36. The average molecular weight is 270 g/mol. The Labute approximate surface area is 99.0 Å². The standard InChI is InChI=1S/C12H16BrNO/c13-11-4-6-14(7-5-11)9-10-2-1-3-12(15)8-10/h1-3,8,11,15H,4-7,9H2. The van der Waals surface area contributed by atoms with Crippen LogP contribution in [0.3, 0.4) is 0 Å². The van der Waals surface area contributed by atoms with Crippen molar-refractivity contribution in [3.05, 3.63) is 29.8 Å². The van der Waals surface area contributed by atoms with E-state index in [2.05, 4.69) is 26.9 Å². The Morgan fingerprint density at radius 1 is 1.33 bits per heavy atom. The zero-order valence-electron chi connectivity index (χ0n) is 8.69. The highest BCUT2D eigenvalue weighted by Crippen LogP contribution is 2.20. The van der Waals surface area contributed by atoms with E-state index in [0.717, 1.165) is 19.6 Å². The summed E-state index contributed by atoms with van der Waals surface area (Å²) >= 11 is 3.65. The number of piperidine rings is 1. The van der Waals surface area contributed by atoms with Gasteiger partial charge in [0.2, 0.25) is 0 Å². The van der Waals surface area contributed by atoms with Crippen molar-refractivity contribution < 1.29 is 5.11 Å². The molecule has 1 heterocycles. The van der Waals surface area contributed by atoms with Gasteiger partial charge in [0.1, 0.15) is 5.75 Å². The van der Waals surface area contributed by atoms with Gasteiger partial charge in [-0.1, -0.05) is 28.1 Å². The average Bonchev–Trinajstić information content (AvgIpc) is 2.22. The molecule has 1 aromatic rings. The fourth-order valence-corrected chi connectivity index (χ4v) is 2.38. The highest BCUT2D eigenvalue weighted by molar-refractivity contribution is 9.09. The lowest BCUT2D eigenvalue weighted by Crippen LogP contribution is -2.33. The molecule has 0 aliphatic carbocycles. The van der Waals surface area contributed by atoms with Gasteiger partial charge in [-0.15, -0.1) is 0 Å². The Balaban J connectivity index is 1.92. The van der Waals surface area contributed by atoms with Crippen molar-refractivity contribution in [2.24, 2.45) is 0 Å². The van der Waals surface area contributed by atoms with Gasteiger partial charge >= 0.3 is 0 Å². The number of nitrogens with zero attached hydrogens (tertiary/aromatic N) is 1. The van der Waals surface area contributed by atoms with E-state index in [1.165, 1.54) is 18.4 Å². The molecule has 15 heavy (non-hydrogen) atoms. The summed E-state index contributed by atoms with van der Waals surface area (Å²) in [4.78, 5) is 3.13. The molecule has 2 rings (SSSR count). The van der Waals surface area contributed by atoms with Crippen LogP contribution in [0.2, 0.25) is 0 Å². The van der Waals surface area contributed by atoms with E-state index in [4.69, 9.17) is 0 Å². The van der Waals surface area contributed by atoms with Crippen molar-refractivity contribution in [1.82, 2.24) is 4.90 Å². The lowest BCUT2D eigenvalue weighted by atomic mass is 10.1. The van der Waals surface area contributed by atoms with Crippen molar-refractivity contribution in [2.45, 2.75) is 24.2 Å². The zero-order chi connectivity index (χ0) is 10.7. The van der Waals surface area contributed by atoms with Crippen LogP contribution < -0.4 is 0 Å². The Morgan fingerprint density at radius 2 is 2.07 bits per heavy atom. The summed E-state index contributed by atoms with van der Waals surface area (Å²) in [6.07, 6.45) is 2.44. The number of benzene rings is 1. The van der Waals surface area contributed by atoms with E-state index in [-0.39, 0.29) is 0 Å². The molecule has 1 aromatic carbocycles. The third-order valence-electron chi connectivity index (χ3n) is 2.83. The SMILES string of the molecule is Oc1cccc(CN2CCC(Br)CC2)c1. The summed E-state index contributed by atoms with van der Waals surface area (Å²) < 4.78 is 0. The maximum absolute atomic E-state index is 9.36. The second-order valence-electron chi connectivity index (χ2n) is 4.12. The molecule has 1 aliphatic rings. The van der Waals surface area contributed by atoms with Gasteiger partial charge in [0.05, 0.1) is 0 Å². The van der Waals surface area contributed by atoms with Gasteiger partial charge in [0.25, 0.3) is 0 Å². The van der Waals surface area contributed by atoms with E-state index in [0.29, 0.717) is 10.6 Å². The maximum atomic E-state index is 9.36. The highest BCUT2D eigenvalue weighted by Gasteiger charge is 2.16. The minimum absolute atomic E-state index is 0.364. The van der Waals surface area contributed by atoms with Crippen molar-refractivity contribution >= 4 is 15.9 Å². The first kappa shape index (κ1) is 11.0. The van der Waals surface area contributed by atoms with E-state index in [1.54, 1.807) is 6.07 Å². The van der Waals surface area contributed by atoms with Gasteiger partial charge in [0.15, 0.2) is 0 Å². The number of likely N-dealkylation sites (tertiary alicyclic amines) is 1. The summed E-state index contributed by atoms with van der Waals surface area (Å²) in [6, 6.07) is 7.54. The molecule has 1 saturated heterocycles. The quantitative estimate of drug-likeness (QED) is 0.835. The highest BCUT2D eigenvalue weighted by atomic mass is 79.9. The van der Waals surface area contributed by atoms with Crippen LogP contribution in [0.4, 0.5) is 0 Å². The number of phenolic OH excluding ortho intramolecular Hbond substituents is 1. The van der Waals surface area contributed by atoms with Gasteiger partial charge in [-0.05, 0) is 43.6 Å². The molecule has 0 aromatic heterocycles. The monoisotopic (exact) mass is 269 g/mol. The molecule has 0 bridgehead atoms. The van der Waals surface area contributed by atoms with Crippen LogP contribution in [0, 0.1) is 0 Å². The van der Waals surface area contributed by atoms with Crippen LogP contribution in [0.15, 0.2) is 24.3 Å². The van der Waals surface area contributed by atoms with Crippen molar-refractivity contribution in [2.75, 3.05) is 13.1 Å². The Kier molecular flexibility index (Phi) is 3.65. The van der Waals surface area contributed by atoms with Crippen LogP contribution >= 0.6 is 15.9 Å². The van der Waals surface area contributed by atoms with Crippen molar-refractivity contribution in [3.8, 4) is 5.75 Å². The van der Waals surface area contributed by atoms with Crippen LogP contribution in [0.5, 0.6) is 5.75 Å². The van der Waals surface area contributed by atoms with E-state index in [9.17, 15) is 5.11 Å². The van der Waals surface area contributed by atoms with Crippen LogP contribution in [0.25, 0.3) is 0 Å². The van der Waals surface area contributed by atoms with E-state index < -0.39 is 0 Å². The van der Waals surface area contributed by atoms with Crippen LogP contribution in [-0.4, -0.2) is 27.9 Å². The number of rotatable bonds is 2. The fraction of sp³-hybridized carbons (Fsp3) is 0.500. The summed E-state index contributed by atoms with van der Waals surface area (Å²) in [6.45, 7) is 3.24. The maximum Gasteiger partial charge on any atom is 0.115 e. The van der Waals surface area contributed by atoms with Gasteiger partial charge in [-0.3, -0.25) is 4.90 Å². The minimum atomic E-state index is 0.364. The van der Waals surface area contributed by atoms with Gasteiger partial charge in [0, 0.05) is 11.4 Å². The first-order valence-electron chi connectivity index (χ1n) is 5.38. The molecule has 0 saturated carbocycles. The number of alkyl halides is 1. The summed E-state index contributed by atoms with van der Waals surface area (Å²) in [5.41, 5.74) is 1.20. The molecule has 0 radical (unpaired) electrons. The minimum Gasteiger partial charge on any atom is -0.508 e. The molecule has 0 amide bonds. The number of hydrogen-bond donors (Lipinski definition) is 1. The van der Waals surface area contributed by atoms with Gasteiger partial charge < -0.3 is 5.11 Å². The molecule has 0 spiro atoms. The molecular weight excluding hydrogens is 254 g/mol. The largest absolute Gasteiger partial charge is 0.508 e. The Morgan fingerprint density at radius 3 is 2.73 bits per heavy atom. The second-order valence-corrected chi connectivity index (χ2v) is 5.42. The third kappa shape index (κ3) is 3.21. The topological polar surface area (TPSA) is 23.5 Å². The number of halogens is 1. The Bertz CT molecular complexity index is 321. The van der Waals surface area contributed by atoms with Crippen LogP contribution in [0.1, 0.15) is 18.4 Å². The molecule has 3 heteroatoms. The zero-order valence-corrected chi connectivity index (χ0v) is 10.3. The lowest BCUT2D eigenvalue weighted by molar-refractivity contribution is 0.226. The first-order valence-corrected chi connectivity index (χ1v) is 6.30. The van der Waals surface area contributed by atoms with Gasteiger partial charge in [-0.25, -0.2) is 0 Å². The molecule has 1 N–H and O–H groups in total. The molecule has 1 aliphatic heterocycles. The smallest absolute Gasteiger partial charge is 0.115 e. The van der Waals surface area contributed by atoms with E-state index >= 15 is 0 Å². The molecule has 1 fully saturated rings. The predicted octanol–water partition coefficient (Wildman–Crippen LogP) is 2.75. The molecule has 0 atom stereocenters. The third-order valence-corrected chi connectivity index (χ3v) is 3.75. The van der Waals surface area contributed by atoms with E-state index in [1.807, 2.05) is 12.1 Å². The number of hydrogen-bond acceptors (Lipinski definition) is 2. The predicted molar refractivity (Wildman–Crippen MR) is 65.3 cm³/mol. The van der Waals surface area contributed by atoms with Crippen molar-refractivity contribution in [1.29, 1.82) is 0 Å². The second kappa shape index (κ2) is 4.99. The van der Waals surface area contributed by atoms with Crippen LogP contribution in [-0.2, 0) is 6.54 Å². The first-order chi connectivity index (χ1) is 7.24. The van der Waals surface area contributed by atoms with Crippen molar-refractivity contribution in [3.63, 3.8) is 0 Å². The Hall–Kier alpha value is -0.540. The molecule has 82 valence electrons. The molecule has 0 unspecified atom stereocenters. The molecular formula is C12H16BrNO. The molecule has 2 nitrogen and oxygen atoms in total. The van der Waals surface area contributed by atoms with Gasteiger partial charge in [-0.2, -0.15) is 0 Å². The number of phenols is 1. The normalized spacial score (nSPS) is 19.3. The summed E-state index contributed by atoms with van der Waals surface area (Å²) in [7, 11) is 0. The lowest BCUT2D eigenvalue weighted by Gasteiger charge is -2.29. The number of aromatic hydroxyl groups is 1. The fourth-order valence-electron chi connectivity index (χ4n) is 1.97. The summed E-state index contributed by atoms with van der Waals surface area (Å²) in [5.74, 6) is 0.364.